The molecule has 0 saturated heterocycles. The Morgan fingerprint density at radius 2 is 1.87 bits per heavy atom. The van der Waals surface area contributed by atoms with E-state index >= 15 is 0 Å². The number of fused-ring (bicyclic) bond motifs is 1. The van der Waals surface area contributed by atoms with Gasteiger partial charge >= 0.3 is 0 Å². The first-order valence-electron chi connectivity index (χ1n) is 9.42. The first-order chi connectivity index (χ1) is 14.9. The van der Waals surface area contributed by atoms with E-state index in [9.17, 15) is 14.4 Å². The van der Waals surface area contributed by atoms with Crippen molar-refractivity contribution >= 4 is 50.6 Å². The topological polar surface area (TPSA) is 127 Å². The molecule has 0 bridgehead atoms. The van der Waals surface area contributed by atoms with E-state index in [1.54, 1.807) is 31.2 Å². The van der Waals surface area contributed by atoms with Gasteiger partial charge in [-0.15, -0.1) is 0 Å². The van der Waals surface area contributed by atoms with Gasteiger partial charge in [0.15, 0.2) is 16.9 Å². The molecule has 1 unspecified atom stereocenters. The minimum atomic E-state index is -0.769. The predicted octanol–water partition coefficient (Wildman–Crippen LogP) is 2.74. The summed E-state index contributed by atoms with van der Waals surface area (Å²) in [6.45, 7) is 1.38. The van der Waals surface area contributed by atoms with Gasteiger partial charge in [-0.3, -0.25) is 19.3 Å². The number of nitrogens with zero attached hydrogens (tertiary/aromatic N) is 2. The van der Waals surface area contributed by atoms with E-state index in [2.05, 4.69) is 15.6 Å². The summed E-state index contributed by atoms with van der Waals surface area (Å²) < 4.78 is 5.58. The maximum absolute atomic E-state index is 12.7. The summed E-state index contributed by atoms with van der Waals surface area (Å²) in [4.78, 5) is 42.7. The minimum Gasteiger partial charge on any atom is -0.479 e. The monoisotopic (exact) mass is 437 g/mol. The number of hydrogen-bond donors (Lipinski definition) is 3. The quantitative estimate of drug-likeness (QED) is 0.544. The van der Waals surface area contributed by atoms with E-state index < -0.39 is 17.9 Å². The minimum absolute atomic E-state index is 0.0566. The van der Waals surface area contributed by atoms with Gasteiger partial charge in [-0.05, 0) is 31.2 Å². The molecule has 3 amide bonds. The van der Waals surface area contributed by atoms with Crippen LogP contribution in [0.25, 0.3) is 0 Å². The summed E-state index contributed by atoms with van der Waals surface area (Å²) >= 11 is 1.08. The van der Waals surface area contributed by atoms with Crippen LogP contribution in [-0.2, 0) is 9.59 Å². The first kappa shape index (κ1) is 20.4. The molecule has 0 fully saturated rings. The number of aromatic nitrogens is 1. The second-order valence-corrected chi connectivity index (χ2v) is 7.75. The van der Waals surface area contributed by atoms with Crippen molar-refractivity contribution in [2.45, 2.75) is 13.0 Å². The molecule has 2 heterocycles. The highest BCUT2D eigenvalue weighted by molar-refractivity contribution is 7.20. The summed E-state index contributed by atoms with van der Waals surface area (Å²) in [7, 11) is 0. The molecule has 1 aliphatic rings. The fourth-order valence-electron chi connectivity index (χ4n) is 3.10. The number of ether oxygens (including phenoxy) is 1. The van der Waals surface area contributed by atoms with Gasteiger partial charge in [-0.25, -0.2) is 4.98 Å². The lowest BCUT2D eigenvalue weighted by Gasteiger charge is -2.32. The number of hydrogen-bond acceptors (Lipinski definition) is 7. The highest BCUT2D eigenvalue weighted by Gasteiger charge is 2.32. The van der Waals surface area contributed by atoms with Crippen molar-refractivity contribution in [3.8, 4) is 5.75 Å². The van der Waals surface area contributed by atoms with Crippen LogP contribution in [0.15, 0.2) is 54.6 Å². The van der Waals surface area contributed by atoms with Gasteiger partial charge in [-0.2, -0.15) is 0 Å². The summed E-state index contributed by atoms with van der Waals surface area (Å²) in [6, 6.07) is 16.2. The Labute approximate surface area is 181 Å². The molecule has 10 heteroatoms. The molecule has 4 N–H and O–H groups in total. The third-order valence-corrected chi connectivity index (χ3v) is 5.40. The third-order valence-electron chi connectivity index (χ3n) is 4.51. The summed E-state index contributed by atoms with van der Waals surface area (Å²) in [5.41, 5.74) is 6.65. The number of carbonyl (C=O) groups excluding carboxylic acids is 3. The lowest BCUT2D eigenvalue weighted by molar-refractivity contribution is -0.127. The van der Waals surface area contributed by atoms with E-state index in [-0.39, 0.29) is 23.1 Å². The van der Waals surface area contributed by atoms with Gasteiger partial charge in [0.1, 0.15) is 17.3 Å². The molecule has 1 aromatic heterocycles. The Morgan fingerprint density at radius 3 is 2.61 bits per heavy atom. The van der Waals surface area contributed by atoms with Crippen LogP contribution in [0.3, 0.4) is 0 Å². The average molecular weight is 437 g/mol. The highest BCUT2D eigenvalue weighted by atomic mass is 32.1. The molecule has 0 spiro atoms. The zero-order valence-electron chi connectivity index (χ0n) is 16.5. The molecule has 31 heavy (non-hydrogen) atoms. The van der Waals surface area contributed by atoms with Gasteiger partial charge in [-0.1, -0.05) is 41.7 Å². The van der Waals surface area contributed by atoms with E-state index in [4.69, 9.17) is 10.5 Å². The van der Waals surface area contributed by atoms with Crippen molar-refractivity contribution in [2.75, 3.05) is 22.1 Å². The second-order valence-electron chi connectivity index (χ2n) is 6.75. The van der Waals surface area contributed by atoms with Crippen molar-refractivity contribution in [1.82, 2.24) is 4.98 Å². The third kappa shape index (κ3) is 4.33. The summed E-state index contributed by atoms with van der Waals surface area (Å²) in [5, 5.41) is 6.33. The molecule has 9 nitrogen and oxygen atoms in total. The van der Waals surface area contributed by atoms with Gasteiger partial charge in [0.25, 0.3) is 11.8 Å². The number of benzene rings is 2. The molecular weight excluding hydrogens is 418 g/mol. The van der Waals surface area contributed by atoms with Crippen LogP contribution in [0.4, 0.5) is 21.5 Å². The number of amides is 3. The maximum atomic E-state index is 12.7. The van der Waals surface area contributed by atoms with Crippen LogP contribution in [-0.4, -0.2) is 35.4 Å². The van der Waals surface area contributed by atoms with E-state index in [0.717, 1.165) is 17.0 Å². The molecule has 2 aromatic carbocycles. The fraction of sp³-hybridized carbons (Fsp3) is 0.143. The maximum Gasteiger partial charge on any atom is 0.270 e. The first-order valence-corrected chi connectivity index (χ1v) is 10.2. The molecule has 3 aromatic rings. The molecule has 158 valence electrons. The fourth-order valence-corrected chi connectivity index (χ4v) is 4.01. The van der Waals surface area contributed by atoms with Crippen LogP contribution in [0.1, 0.15) is 17.4 Å². The van der Waals surface area contributed by atoms with Crippen LogP contribution < -0.4 is 26.0 Å². The Bertz CT molecular complexity index is 1150. The Morgan fingerprint density at radius 1 is 1.16 bits per heavy atom. The normalized spacial score (nSPS) is 15.1. The average Bonchev–Trinajstić information content (AvgIpc) is 3.14. The SMILES string of the molecule is CC1Oc2ccccc2N(CC(=O)Nc2sc(Nc3ccccc3)nc2C(N)=O)C1=O. The molecule has 0 aliphatic carbocycles. The summed E-state index contributed by atoms with van der Waals surface area (Å²) in [6.07, 6.45) is -0.714. The van der Waals surface area contributed by atoms with Crippen LogP contribution in [0, 0.1) is 0 Å². The lowest BCUT2D eigenvalue weighted by atomic mass is 10.2. The highest BCUT2D eigenvalue weighted by Crippen LogP contribution is 2.34. The number of nitrogens with one attached hydrogen (secondary N) is 2. The van der Waals surface area contributed by atoms with Crippen molar-refractivity contribution in [3.05, 3.63) is 60.3 Å². The molecular formula is C21H19N5O4S. The van der Waals surface area contributed by atoms with Gasteiger partial charge in [0.2, 0.25) is 5.91 Å². The number of carbonyl (C=O) groups is 3. The smallest absolute Gasteiger partial charge is 0.270 e. The standard InChI is InChI=1S/C21H19N5O4S/c1-12-20(29)26(14-9-5-6-10-15(14)30-12)11-16(27)24-19-17(18(22)28)25-21(31-19)23-13-7-3-2-4-8-13/h2-10,12H,11H2,1H3,(H2,22,28)(H,23,25)(H,24,27). The number of thiazole rings is 1. The Hall–Kier alpha value is -3.92. The van der Waals surface area contributed by atoms with Crippen LogP contribution in [0.5, 0.6) is 5.75 Å². The number of rotatable bonds is 6. The van der Waals surface area contributed by atoms with Gasteiger partial charge in [0, 0.05) is 5.69 Å². The van der Waals surface area contributed by atoms with E-state index in [1.807, 2.05) is 30.3 Å². The lowest BCUT2D eigenvalue weighted by Crippen LogP contribution is -2.47. The van der Waals surface area contributed by atoms with Gasteiger partial charge in [0.05, 0.1) is 5.69 Å². The zero-order valence-corrected chi connectivity index (χ0v) is 17.3. The largest absolute Gasteiger partial charge is 0.479 e. The molecule has 0 saturated carbocycles. The van der Waals surface area contributed by atoms with Gasteiger partial charge < -0.3 is 21.1 Å². The molecule has 1 aliphatic heterocycles. The number of para-hydroxylation sites is 3. The number of anilines is 4. The van der Waals surface area contributed by atoms with Crippen molar-refractivity contribution < 1.29 is 19.1 Å². The second kappa shape index (κ2) is 8.44. The van der Waals surface area contributed by atoms with E-state index in [1.165, 1.54) is 4.90 Å². The zero-order chi connectivity index (χ0) is 22.0. The molecule has 4 rings (SSSR count). The Kier molecular flexibility index (Phi) is 5.54. The predicted molar refractivity (Wildman–Crippen MR) is 118 cm³/mol. The van der Waals surface area contributed by atoms with Crippen molar-refractivity contribution in [2.24, 2.45) is 5.73 Å². The molecule has 1 atom stereocenters. The molecule has 0 radical (unpaired) electrons. The van der Waals surface area contributed by atoms with Crippen LogP contribution in [0.2, 0.25) is 0 Å². The van der Waals surface area contributed by atoms with Crippen molar-refractivity contribution in [3.63, 3.8) is 0 Å². The Balaban J connectivity index is 1.53. The number of nitrogens with two attached hydrogens (primary N) is 1. The van der Waals surface area contributed by atoms with E-state index in [0.29, 0.717) is 16.6 Å². The summed E-state index contributed by atoms with van der Waals surface area (Å²) in [5.74, 6) is -1.07. The number of primary amides is 1. The van der Waals surface area contributed by atoms with Crippen molar-refractivity contribution in [1.29, 1.82) is 0 Å². The van der Waals surface area contributed by atoms with Crippen LogP contribution >= 0.6 is 11.3 Å².